The fourth-order valence-electron chi connectivity index (χ4n) is 5.71. The van der Waals surface area contributed by atoms with E-state index >= 15 is 0 Å². The summed E-state index contributed by atoms with van der Waals surface area (Å²) in [7, 11) is 3.22. The molecule has 0 unspecified atom stereocenters. The number of alkyl halides is 3. The van der Waals surface area contributed by atoms with Gasteiger partial charge in [0, 0.05) is 26.6 Å². The molecule has 4 rings (SSSR count). The number of carbonyl (C=O) groups is 2. The van der Waals surface area contributed by atoms with Crippen LogP contribution in [0.1, 0.15) is 79.4 Å². The van der Waals surface area contributed by atoms with Gasteiger partial charge in [0.2, 0.25) is 5.91 Å². The number of methoxy groups -OCH3 is 1. The highest BCUT2D eigenvalue weighted by Gasteiger charge is 2.46. The Labute approximate surface area is 222 Å². The summed E-state index contributed by atoms with van der Waals surface area (Å²) in [6.07, 6.45) is -3.42. The van der Waals surface area contributed by atoms with Gasteiger partial charge in [0.1, 0.15) is 5.75 Å². The van der Waals surface area contributed by atoms with Crippen molar-refractivity contribution in [2.45, 2.75) is 70.8 Å². The minimum Gasteiger partial charge on any atom is -0.496 e. The van der Waals surface area contributed by atoms with Gasteiger partial charge in [-0.05, 0) is 66.6 Å². The predicted molar refractivity (Wildman–Crippen MR) is 139 cm³/mol. The Morgan fingerprint density at radius 1 is 1.11 bits per heavy atom. The Morgan fingerprint density at radius 3 is 2.42 bits per heavy atom. The molecule has 2 aromatic rings. The monoisotopic (exact) mass is 531 g/mol. The van der Waals surface area contributed by atoms with E-state index in [9.17, 15) is 22.8 Å². The maximum absolute atomic E-state index is 14.0. The lowest BCUT2D eigenvalue weighted by atomic mass is 9.90. The van der Waals surface area contributed by atoms with Gasteiger partial charge < -0.3 is 19.4 Å². The third-order valence-electron chi connectivity index (χ3n) is 8.10. The summed E-state index contributed by atoms with van der Waals surface area (Å²) in [6, 6.07) is 8.33. The van der Waals surface area contributed by atoms with Crippen LogP contribution in [0.4, 0.5) is 18.0 Å². The molecule has 2 aromatic carbocycles. The number of hydrogen-bond acceptors (Lipinski definition) is 3. The molecule has 2 aliphatic rings. The molecule has 6 nitrogen and oxygen atoms in total. The van der Waals surface area contributed by atoms with Gasteiger partial charge in [0.25, 0.3) is 0 Å². The topological polar surface area (TPSA) is 53.1 Å². The van der Waals surface area contributed by atoms with Crippen LogP contribution >= 0.6 is 0 Å². The Kier molecular flexibility index (Phi) is 7.68. The van der Waals surface area contributed by atoms with Gasteiger partial charge in [-0.3, -0.25) is 4.79 Å². The molecule has 2 heterocycles. The average Bonchev–Trinajstić information content (AvgIpc) is 3.27. The highest BCUT2D eigenvalue weighted by molar-refractivity contribution is 5.81. The van der Waals surface area contributed by atoms with Crippen molar-refractivity contribution in [2.75, 3.05) is 27.2 Å². The van der Waals surface area contributed by atoms with Gasteiger partial charge >= 0.3 is 12.2 Å². The molecule has 2 fully saturated rings. The van der Waals surface area contributed by atoms with E-state index in [1.165, 1.54) is 11.0 Å². The number of piperazine rings is 1. The van der Waals surface area contributed by atoms with Gasteiger partial charge in [-0.2, -0.15) is 13.2 Å². The number of hydrogen-bond donors (Lipinski definition) is 0. The molecule has 9 heteroatoms. The molecular weight excluding hydrogens is 495 g/mol. The van der Waals surface area contributed by atoms with Crippen LogP contribution in [0.15, 0.2) is 36.4 Å². The van der Waals surface area contributed by atoms with Gasteiger partial charge in [-0.15, -0.1) is 0 Å². The third kappa shape index (κ3) is 5.07. The minimum absolute atomic E-state index is 0.0829. The maximum Gasteiger partial charge on any atom is 0.416 e. The van der Waals surface area contributed by atoms with Crippen LogP contribution in [-0.2, 0) is 11.0 Å². The van der Waals surface area contributed by atoms with Gasteiger partial charge in [0.15, 0.2) is 0 Å². The first-order valence-corrected chi connectivity index (χ1v) is 13.0. The van der Waals surface area contributed by atoms with Crippen LogP contribution in [0.5, 0.6) is 5.75 Å². The van der Waals surface area contributed by atoms with Crippen molar-refractivity contribution in [2.24, 2.45) is 0 Å². The zero-order valence-corrected chi connectivity index (χ0v) is 22.8. The normalized spacial score (nSPS) is 20.5. The number of nitrogens with zero attached hydrogens (tertiary/aromatic N) is 3. The van der Waals surface area contributed by atoms with Crippen molar-refractivity contribution >= 4 is 11.9 Å². The molecule has 0 aromatic heterocycles. The van der Waals surface area contributed by atoms with Crippen LogP contribution in [0.2, 0.25) is 0 Å². The number of amides is 3. The lowest BCUT2D eigenvalue weighted by Crippen LogP contribution is -2.57. The molecule has 0 bridgehead atoms. The molecule has 2 saturated heterocycles. The summed E-state index contributed by atoms with van der Waals surface area (Å²) in [6.45, 7) is 8.15. The lowest BCUT2D eigenvalue weighted by Gasteiger charge is -2.47. The number of rotatable bonds is 5. The highest BCUT2D eigenvalue weighted by atomic mass is 19.4. The Balaban J connectivity index is 1.71. The summed E-state index contributed by atoms with van der Waals surface area (Å²) in [5.74, 6) is 0.681. The van der Waals surface area contributed by atoms with Crippen LogP contribution < -0.4 is 4.74 Å². The molecule has 206 valence electrons. The fraction of sp³-hybridized carbons (Fsp3) is 0.517. The Hall–Kier alpha value is -3.23. The Bertz CT molecular complexity index is 1210. The second-order valence-electron chi connectivity index (χ2n) is 10.6. The van der Waals surface area contributed by atoms with Crippen molar-refractivity contribution in [3.63, 3.8) is 0 Å². The average molecular weight is 532 g/mol. The highest BCUT2D eigenvalue weighted by Crippen LogP contribution is 2.42. The molecule has 0 aliphatic carbocycles. The summed E-state index contributed by atoms with van der Waals surface area (Å²) in [5, 5.41) is 0. The smallest absolute Gasteiger partial charge is 0.416 e. The summed E-state index contributed by atoms with van der Waals surface area (Å²) in [5.41, 5.74) is 2.10. The SMILES string of the molecule is COc1cccc([C@H]2[C@@H]3CCC(=O)N3CCN2C(=O)N(C)[C@H](C)c2cc(C(C)C)cc(C(F)(F)F)c2)c1C. The van der Waals surface area contributed by atoms with E-state index in [0.29, 0.717) is 42.8 Å². The zero-order valence-electron chi connectivity index (χ0n) is 22.8. The van der Waals surface area contributed by atoms with Crippen molar-refractivity contribution < 1.29 is 27.5 Å². The minimum atomic E-state index is -4.48. The van der Waals surface area contributed by atoms with Crippen LogP contribution in [0.3, 0.4) is 0 Å². The van der Waals surface area contributed by atoms with Crippen molar-refractivity contribution in [1.29, 1.82) is 0 Å². The van der Waals surface area contributed by atoms with Crippen LogP contribution in [0, 0.1) is 6.92 Å². The number of halogens is 3. The number of carbonyl (C=O) groups excluding carboxylic acids is 2. The molecule has 0 saturated carbocycles. The van der Waals surface area contributed by atoms with E-state index in [-0.39, 0.29) is 29.9 Å². The Morgan fingerprint density at radius 2 is 1.79 bits per heavy atom. The molecule has 0 N–H and O–H groups in total. The third-order valence-corrected chi connectivity index (χ3v) is 8.10. The van der Waals surface area contributed by atoms with Gasteiger partial charge in [-0.1, -0.05) is 32.0 Å². The summed E-state index contributed by atoms with van der Waals surface area (Å²) >= 11 is 0. The first kappa shape index (κ1) is 27.8. The fourth-order valence-corrected chi connectivity index (χ4v) is 5.71. The van der Waals surface area contributed by atoms with E-state index in [1.807, 2.05) is 43.9 Å². The quantitative estimate of drug-likeness (QED) is 0.455. The van der Waals surface area contributed by atoms with E-state index in [1.54, 1.807) is 32.0 Å². The number of urea groups is 1. The number of fused-ring (bicyclic) bond motifs is 1. The largest absolute Gasteiger partial charge is 0.496 e. The molecular formula is C29H36F3N3O3. The molecule has 38 heavy (non-hydrogen) atoms. The molecule has 2 aliphatic heterocycles. The first-order chi connectivity index (χ1) is 17.8. The van der Waals surface area contributed by atoms with Crippen LogP contribution in [0.25, 0.3) is 0 Å². The van der Waals surface area contributed by atoms with E-state index < -0.39 is 17.8 Å². The second kappa shape index (κ2) is 10.5. The number of benzene rings is 2. The molecule has 0 spiro atoms. The summed E-state index contributed by atoms with van der Waals surface area (Å²) < 4.78 is 46.6. The van der Waals surface area contributed by atoms with Crippen molar-refractivity contribution in [3.05, 3.63) is 64.2 Å². The van der Waals surface area contributed by atoms with E-state index in [2.05, 4.69) is 0 Å². The maximum atomic E-state index is 14.0. The van der Waals surface area contributed by atoms with E-state index in [0.717, 1.165) is 17.2 Å². The van der Waals surface area contributed by atoms with Crippen LogP contribution in [-0.4, -0.2) is 59.9 Å². The second-order valence-corrected chi connectivity index (χ2v) is 10.6. The van der Waals surface area contributed by atoms with Gasteiger partial charge in [-0.25, -0.2) is 4.79 Å². The molecule has 3 amide bonds. The van der Waals surface area contributed by atoms with Crippen molar-refractivity contribution in [3.8, 4) is 5.75 Å². The predicted octanol–water partition coefficient (Wildman–Crippen LogP) is 6.31. The molecule has 3 atom stereocenters. The molecule has 0 radical (unpaired) electrons. The van der Waals surface area contributed by atoms with Crippen molar-refractivity contribution in [1.82, 2.24) is 14.7 Å². The zero-order chi connectivity index (χ0) is 27.9. The van der Waals surface area contributed by atoms with Gasteiger partial charge in [0.05, 0.1) is 30.8 Å². The first-order valence-electron chi connectivity index (χ1n) is 13.0. The lowest BCUT2D eigenvalue weighted by molar-refractivity contribution is -0.137. The van der Waals surface area contributed by atoms with E-state index in [4.69, 9.17) is 4.74 Å². The standard InChI is InChI=1S/C29H36F3N3O3/c1-17(2)20-14-21(16-22(15-20)29(30,31)32)19(4)33(5)28(37)35-13-12-34-24(10-11-26(34)36)27(35)23-8-7-9-25(38-6)18(23)3/h7-9,14-17,19,24,27H,10-13H2,1-6H3/t19-,24+,27+/m1/s1. The number of ether oxygens (including phenoxy) is 1. The summed E-state index contributed by atoms with van der Waals surface area (Å²) in [4.78, 5) is 31.8.